The molecule has 1 aliphatic carbocycles. The molecule has 1 aliphatic heterocycles. The number of para-hydroxylation sites is 1. The van der Waals surface area contributed by atoms with Crippen molar-refractivity contribution in [1.29, 1.82) is 0 Å². The fourth-order valence-corrected chi connectivity index (χ4v) is 2.28. The van der Waals surface area contributed by atoms with E-state index in [4.69, 9.17) is 4.74 Å². The Kier molecular flexibility index (Phi) is 2.11. The number of hydrogen-bond donors (Lipinski definition) is 1. The van der Waals surface area contributed by atoms with E-state index >= 15 is 0 Å². The van der Waals surface area contributed by atoms with E-state index in [1.165, 1.54) is 24.1 Å². The average molecular weight is 212 g/mol. The average Bonchev–Trinajstić information content (AvgIpc) is 2.85. The molecule has 0 saturated heterocycles. The SMILES string of the molecule is COc1cccc2c1NCC21CC1.Cl. The number of rotatable bonds is 1. The Bertz CT molecular complexity index is 360. The predicted molar refractivity (Wildman–Crippen MR) is 59.6 cm³/mol. The van der Waals surface area contributed by atoms with Crippen molar-refractivity contribution in [2.24, 2.45) is 0 Å². The highest BCUT2D eigenvalue weighted by Gasteiger charge is 2.49. The highest BCUT2D eigenvalue weighted by molar-refractivity contribution is 5.85. The normalized spacial score (nSPS) is 19.5. The minimum absolute atomic E-state index is 0. The maximum Gasteiger partial charge on any atom is 0.142 e. The summed E-state index contributed by atoms with van der Waals surface area (Å²) in [5.74, 6) is 0.987. The van der Waals surface area contributed by atoms with Crippen LogP contribution in [-0.2, 0) is 5.41 Å². The Labute approximate surface area is 90.1 Å². The van der Waals surface area contributed by atoms with Crippen molar-refractivity contribution < 1.29 is 4.74 Å². The molecule has 1 spiro atoms. The molecule has 1 fully saturated rings. The lowest BCUT2D eigenvalue weighted by molar-refractivity contribution is 0.416. The molecule has 14 heavy (non-hydrogen) atoms. The van der Waals surface area contributed by atoms with Crippen LogP contribution in [0.15, 0.2) is 18.2 Å². The number of fused-ring (bicyclic) bond motifs is 2. The summed E-state index contributed by atoms with van der Waals surface area (Å²) in [7, 11) is 1.73. The number of ether oxygens (including phenoxy) is 1. The molecule has 76 valence electrons. The van der Waals surface area contributed by atoms with Crippen LogP contribution in [0, 0.1) is 0 Å². The number of benzene rings is 1. The van der Waals surface area contributed by atoms with Gasteiger partial charge in [-0.3, -0.25) is 0 Å². The summed E-state index contributed by atoms with van der Waals surface area (Å²) < 4.78 is 5.32. The van der Waals surface area contributed by atoms with Crippen LogP contribution in [0.2, 0.25) is 0 Å². The van der Waals surface area contributed by atoms with Crippen LogP contribution >= 0.6 is 12.4 Å². The van der Waals surface area contributed by atoms with Crippen LogP contribution < -0.4 is 10.1 Å². The zero-order valence-corrected chi connectivity index (χ0v) is 8.99. The summed E-state index contributed by atoms with van der Waals surface area (Å²) in [5, 5.41) is 3.45. The molecule has 3 heteroatoms. The molecule has 1 saturated carbocycles. The van der Waals surface area contributed by atoms with E-state index < -0.39 is 0 Å². The zero-order chi connectivity index (χ0) is 8.89. The third-order valence-electron chi connectivity index (χ3n) is 3.27. The van der Waals surface area contributed by atoms with Crippen molar-refractivity contribution in [3.63, 3.8) is 0 Å². The van der Waals surface area contributed by atoms with Crippen molar-refractivity contribution in [1.82, 2.24) is 0 Å². The molecule has 1 aromatic carbocycles. The highest BCUT2D eigenvalue weighted by Crippen LogP contribution is 2.56. The van der Waals surface area contributed by atoms with Gasteiger partial charge in [-0.1, -0.05) is 12.1 Å². The van der Waals surface area contributed by atoms with Crippen LogP contribution in [0.4, 0.5) is 5.69 Å². The van der Waals surface area contributed by atoms with Gasteiger partial charge in [-0.05, 0) is 24.5 Å². The van der Waals surface area contributed by atoms with E-state index in [0.29, 0.717) is 5.41 Å². The quantitative estimate of drug-likeness (QED) is 0.771. The second-order valence-corrected chi connectivity index (χ2v) is 4.02. The minimum atomic E-state index is 0. The standard InChI is InChI=1S/C11H13NO.ClH/c1-13-9-4-2-3-8-10(9)12-7-11(8)5-6-11;/h2-4,12H,5-7H2,1H3;1H. The van der Waals surface area contributed by atoms with Gasteiger partial charge < -0.3 is 10.1 Å². The first-order valence-corrected chi connectivity index (χ1v) is 4.77. The van der Waals surface area contributed by atoms with Crippen LogP contribution in [-0.4, -0.2) is 13.7 Å². The number of anilines is 1. The topological polar surface area (TPSA) is 21.3 Å². The van der Waals surface area contributed by atoms with E-state index in [2.05, 4.69) is 17.4 Å². The molecule has 1 heterocycles. The summed E-state index contributed by atoms with van der Waals surface area (Å²) in [4.78, 5) is 0. The molecule has 3 rings (SSSR count). The minimum Gasteiger partial charge on any atom is -0.495 e. The maximum atomic E-state index is 5.32. The molecule has 1 N–H and O–H groups in total. The van der Waals surface area contributed by atoms with Gasteiger partial charge in [0.2, 0.25) is 0 Å². The van der Waals surface area contributed by atoms with Crippen molar-refractivity contribution in [3.05, 3.63) is 23.8 Å². The lowest BCUT2D eigenvalue weighted by Crippen LogP contribution is -2.07. The number of hydrogen-bond acceptors (Lipinski definition) is 2. The molecule has 2 nitrogen and oxygen atoms in total. The van der Waals surface area contributed by atoms with Crippen LogP contribution in [0.25, 0.3) is 0 Å². The van der Waals surface area contributed by atoms with Gasteiger partial charge in [0.05, 0.1) is 12.8 Å². The summed E-state index contributed by atoms with van der Waals surface area (Å²) in [6.07, 6.45) is 2.67. The Morgan fingerprint density at radius 3 is 2.79 bits per heavy atom. The molecule has 0 amide bonds. The lowest BCUT2D eigenvalue weighted by Gasteiger charge is -2.07. The van der Waals surface area contributed by atoms with E-state index in [-0.39, 0.29) is 12.4 Å². The van der Waals surface area contributed by atoms with Gasteiger partial charge in [-0.15, -0.1) is 12.4 Å². The van der Waals surface area contributed by atoms with Crippen LogP contribution in [0.5, 0.6) is 5.75 Å². The second kappa shape index (κ2) is 3.06. The molecule has 0 unspecified atom stereocenters. The molecular weight excluding hydrogens is 198 g/mol. The third-order valence-corrected chi connectivity index (χ3v) is 3.27. The van der Waals surface area contributed by atoms with Crippen LogP contribution in [0.1, 0.15) is 18.4 Å². The van der Waals surface area contributed by atoms with E-state index in [9.17, 15) is 0 Å². The Morgan fingerprint density at radius 2 is 2.14 bits per heavy atom. The van der Waals surface area contributed by atoms with Crippen molar-refractivity contribution in [2.45, 2.75) is 18.3 Å². The largest absolute Gasteiger partial charge is 0.495 e. The summed E-state index contributed by atoms with van der Waals surface area (Å²) in [6.45, 7) is 1.10. The van der Waals surface area contributed by atoms with E-state index in [1.807, 2.05) is 6.07 Å². The van der Waals surface area contributed by atoms with Crippen molar-refractivity contribution in [3.8, 4) is 5.75 Å². The number of halogens is 1. The van der Waals surface area contributed by atoms with Gasteiger partial charge in [0.1, 0.15) is 5.75 Å². The monoisotopic (exact) mass is 211 g/mol. The molecular formula is C11H14ClNO. The van der Waals surface area contributed by atoms with Crippen LogP contribution in [0.3, 0.4) is 0 Å². The third kappa shape index (κ3) is 1.10. The number of methoxy groups -OCH3 is 1. The van der Waals surface area contributed by atoms with Gasteiger partial charge in [0.25, 0.3) is 0 Å². The zero-order valence-electron chi connectivity index (χ0n) is 8.17. The Balaban J connectivity index is 0.000000750. The smallest absolute Gasteiger partial charge is 0.142 e. The van der Waals surface area contributed by atoms with Gasteiger partial charge in [0.15, 0.2) is 0 Å². The lowest BCUT2D eigenvalue weighted by atomic mass is 9.98. The molecule has 2 aliphatic rings. The Morgan fingerprint density at radius 1 is 1.36 bits per heavy atom. The highest BCUT2D eigenvalue weighted by atomic mass is 35.5. The first-order chi connectivity index (χ1) is 6.36. The predicted octanol–water partition coefficient (Wildman–Crippen LogP) is 2.57. The van der Waals surface area contributed by atoms with Gasteiger partial charge >= 0.3 is 0 Å². The maximum absolute atomic E-state index is 5.32. The summed E-state index contributed by atoms with van der Waals surface area (Å²) in [6, 6.07) is 6.34. The van der Waals surface area contributed by atoms with E-state index in [0.717, 1.165) is 12.3 Å². The van der Waals surface area contributed by atoms with Gasteiger partial charge in [-0.2, -0.15) is 0 Å². The first-order valence-electron chi connectivity index (χ1n) is 4.77. The van der Waals surface area contributed by atoms with Gasteiger partial charge in [-0.25, -0.2) is 0 Å². The molecule has 0 bridgehead atoms. The number of nitrogens with one attached hydrogen (secondary N) is 1. The molecule has 0 aromatic heterocycles. The summed E-state index contributed by atoms with van der Waals surface area (Å²) in [5.41, 5.74) is 3.17. The fourth-order valence-electron chi connectivity index (χ4n) is 2.28. The molecule has 0 atom stereocenters. The fraction of sp³-hybridized carbons (Fsp3) is 0.455. The molecule has 0 radical (unpaired) electrons. The Hall–Kier alpha value is -0.890. The second-order valence-electron chi connectivity index (χ2n) is 4.02. The summed E-state index contributed by atoms with van der Waals surface area (Å²) >= 11 is 0. The van der Waals surface area contributed by atoms with E-state index in [1.54, 1.807) is 7.11 Å². The van der Waals surface area contributed by atoms with Gasteiger partial charge in [0, 0.05) is 12.0 Å². The first kappa shape index (κ1) is 9.66. The van der Waals surface area contributed by atoms with Crippen molar-refractivity contribution in [2.75, 3.05) is 19.0 Å². The van der Waals surface area contributed by atoms with Crippen molar-refractivity contribution >= 4 is 18.1 Å². The molecule has 1 aromatic rings.